The number of nitrogens with zero attached hydrogens (tertiary/aromatic N) is 1. The van der Waals surface area contributed by atoms with Crippen molar-refractivity contribution in [3.05, 3.63) is 35.4 Å². The fourth-order valence-electron chi connectivity index (χ4n) is 1.24. The van der Waals surface area contributed by atoms with Gasteiger partial charge < -0.3 is 4.90 Å². The summed E-state index contributed by atoms with van der Waals surface area (Å²) in [6, 6.07) is 3.53. The summed E-state index contributed by atoms with van der Waals surface area (Å²) in [5, 5.41) is 0. The van der Waals surface area contributed by atoms with Gasteiger partial charge in [0.1, 0.15) is 11.6 Å². The number of hydrogen-bond donors (Lipinski definition) is 0. The van der Waals surface area contributed by atoms with Crippen molar-refractivity contribution in [3.8, 4) is 0 Å². The smallest absolute Gasteiger partial charge is 0.226 e. The van der Waals surface area contributed by atoms with Crippen molar-refractivity contribution in [2.45, 2.75) is 6.42 Å². The standard InChI is InChI=1S/C11H12ClF2NO/c1-15(6-5-12)11(16)7-8-9(13)3-2-4-10(8)14/h2-4H,5-7H2,1H3. The van der Waals surface area contributed by atoms with Gasteiger partial charge in [-0.15, -0.1) is 11.6 Å². The number of carbonyl (C=O) groups is 1. The lowest BCUT2D eigenvalue weighted by molar-refractivity contribution is -0.129. The van der Waals surface area contributed by atoms with Crippen LogP contribution in [0.25, 0.3) is 0 Å². The lowest BCUT2D eigenvalue weighted by atomic mass is 10.1. The quantitative estimate of drug-likeness (QED) is 0.747. The van der Waals surface area contributed by atoms with Crippen molar-refractivity contribution in [1.82, 2.24) is 4.90 Å². The molecule has 2 nitrogen and oxygen atoms in total. The first-order valence-electron chi connectivity index (χ1n) is 4.79. The minimum absolute atomic E-state index is 0.200. The van der Waals surface area contributed by atoms with Crippen LogP contribution in [0.4, 0.5) is 8.78 Å². The third kappa shape index (κ3) is 3.17. The van der Waals surface area contributed by atoms with Crippen LogP contribution >= 0.6 is 11.6 Å². The maximum Gasteiger partial charge on any atom is 0.226 e. The van der Waals surface area contributed by atoms with Gasteiger partial charge in [0.15, 0.2) is 0 Å². The number of halogens is 3. The molecule has 1 aromatic rings. The van der Waals surface area contributed by atoms with Crippen LogP contribution in [-0.4, -0.2) is 30.3 Å². The van der Waals surface area contributed by atoms with E-state index < -0.39 is 11.6 Å². The highest BCUT2D eigenvalue weighted by Crippen LogP contribution is 2.13. The van der Waals surface area contributed by atoms with E-state index in [0.717, 1.165) is 12.1 Å². The van der Waals surface area contributed by atoms with Crippen molar-refractivity contribution in [2.24, 2.45) is 0 Å². The van der Waals surface area contributed by atoms with Crippen LogP contribution in [0.3, 0.4) is 0 Å². The van der Waals surface area contributed by atoms with Crippen LogP contribution < -0.4 is 0 Å². The highest BCUT2D eigenvalue weighted by molar-refractivity contribution is 6.18. The Hall–Kier alpha value is -1.16. The minimum Gasteiger partial charge on any atom is -0.344 e. The van der Waals surface area contributed by atoms with Crippen molar-refractivity contribution in [1.29, 1.82) is 0 Å². The van der Waals surface area contributed by atoms with Crippen LogP contribution in [0.1, 0.15) is 5.56 Å². The molecule has 88 valence electrons. The first-order chi connectivity index (χ1) is 7.56. The Morgan fingerprint density at radius 3 is 2.44 bits per heavy atom. The summed E-state index contributed by atoms with van der Waals surface area (Å²) in [5.74, 6) is -1.47. The Balaban J connectivity index is 2.77. The molecule has 1 aromatic carbocycles. The van der Waals surface area contributed by atoms with Gasteiger partial charge in [-0.2, -0.15) is 0 Å². The zero-order valence-corrected chi connectivity index (χ0v) is 9.60. The van der Waals surface area contributed by atoms with Gasteiger partial charge in [-0.25, -0.2) is 8.78 Å². The molecule has 0 unspecified atom stereocenters. The molecule has 1 amide bonds. The molecule has 0 aliphatic rings. The number of carbonyl (C=O) groups excluding carboxylic acids is 1. The van der Waals surface area contributed by atoms with Crippen LogP contribution in [0, 0.1) is 11.6 Å². The van der Waals surface area contributed by atoms with Crippen LogP contribution in [0.15, 0.2) is 18.2 Å². The van der Waals surface area contributed by atoms with E-state index in [1.165, 1.54) is 11.0 Å². The maximum absolute atomic E-state index is 13.2. The minimum atomic E-state index is -0.701. The summed E-state index contributed by atoms with van der Waals surface area (Å²) in [4.78, 5) is 12.9. The van der Waals surface area contributed by atoms with Gasteiger partial charge in [-0.3, -0.25) is 4.79 Å². The normalized spacial score (nSPS) is 10.2. The van der Waals surface area contributed by atoms with Gasteiger partial charge in [-0.05, 0) is 12.1 Å². The lowest BCUT2D eigenvalue weighted by Crippen LogP contribution is -2.30. The number of amides is 1. The third-order valence-corrected chi connectivity index (χ3v) is 2.40. The summed E-state index contributed by atoms with van der Waals surface area (Å²) in [5.41, 5.74) is -0.200. The van der Waals surface area contributed by atoms with E-state index in [1.54, 1.807) is 7.05 Å². The SMILES string of the molecule is CN(CCCl)C(=O)Cc1c(F)cccc1F. The van der Waals surface area contributed by atoms with E-state index in [2.05, 4.69) is 0 Å². The van der Waals surface area contributed by atoms with E-state index in [9.17, 15) is 13.6 Å². The predicted molar refractivity (Wildman–Crippen MR) is 58.4 cm³/mol. The zero-order valence-electron chi connectivity index (χ0n) is 8.84. The number of benzene rings is 1. The molecule has 0 spiro atoms. The molecule has 1 rings (SSSR count). The highest BCUT2D eigenvalue weighted by Gasteiger charge is 2.15. The Morgan fingerprint density at radius 2 is 1.94 bits per heavy atom. The first-order valence-corrected chi connectivity index (χ1v) is 5.32. The van der Waals surface area contributed by atoms with Crippen molar-refractivity contribution in [3.63, 3.8) is 0 Å². The molecule has 0 N–H and O–H groups in total. The second-order valence-electron chi connectivity index (χ2n) is 3.38. The monoisotopic (exact) mass is 247 g/mol. The van der Waals surface area contributed by atoms with Gasteiger partial charge in [0.2, 0.25) is 5.91 Å². The average molecular weight is 248 g/mol. The zero-order chi connectivity index (χ0) is 12.1. The van der Waals surface area contributed by atoms with Crippen molar-refractivity contribution >= 4 is 17.5 Å². The second-order valence-corrected chi connectivity index (χ2v) is 3.76. The Kier molecular flexibility index (Phi) is 4.68. The van der Waals surface area contributed by atoms with Crippen LogP contribution in [0.2, 0.25) is 0 Å². The molecule has 0 bridgehead atoms. The van der Waals surface area contributed by atoms with Gasteiger partial charge in [0.25, 0.3) is 0 Å². The summed E-state index contributed by atoms with van der Waals surface area (Å²) in [7, 11) is 1.55. The fourth-order valence-corrected chi connectivity index (χ4v) is 1.49. The van der Waals surface area contributed by atoms with E-state index in [-0.39, 0.29) is 17.9 Å². The molecule has 0 saturated heterocycles. The van der Waals surface area contributed by atoms with Gasteiger partial charge in [0, 0.05) is 25.0 Å². The van der Waals surface area contributed by atoms with Crippen LogP contribution in [0.5, 0.6) is 0 Å². The topological polar surface area (TPSA) is 20.3 Å². The molecule has 5 heteroatoms. The number of hydrogen-bond acceptors (Lipinski definition) is 1. The Morgan fingerprint density at radius 1 is 1.38 bits per heavy atom. The van der Waals surface area contributed by atoms with Crippen molar-refractivity contribution in [2.75, 3.05) is 19.5 Å². The summed E-state index contributed by atoms with van der Waals surface area (Å²) in [6.07, 6.45) is -0.286. The predicted octanol–water partition coefficient (Wildman–Crippen LogP) is 2.20. The average Bonchev–Trinajstić information content (AvgIpc) is 2.23. The summed E-state index contributed by atoms with van der Waals surface area (Å²) in [6.45, 7) is 0.358. The second kappa shape index (κ2) is 5.80. The lowest BCUT2D eigenvalue weighted by Gasteiger charge is -2.15. The summed E-state index contributed by atoms with van der Waals surface area (Å²) >= 11 is 5.46. The number of likely N-dealkylation sites (N-methyl/N-ethyl adjacent to an activating group) is 1. The Labute approximate surface area is 97.8 Å². The summed E-state index contributed by atoms with van der Waals surface area (Å²) < 4.78 is 26.4. The van der Waals surface area contributed by atoms with Gasteiger partial charge in [0.05, 0.1) is 6.42 Å². The molecule has 16 heavy (non-hydrogen) atoms. The van der Waals surface area contributed by atoms with E-state index in [1.807, 2.05) is 0 Å². The molecule has 0 heterocycles. The fraction of sp³-hybridized carbons (Fsp3) is 0.364. The third-order valence-electron chi connectivity index (χ3n) is 2.24. The molecule has 0 saturated carbocycles. The Bertz CT molecular complexity index is 364. The van der Waals surface area contributed by atoms with E-state index in [4.69, 9.17) is 11.6 Å². The first kappa shape index (κ1) is 12.9. The van der Waals surface area contributed by atoms with E-state index in [0.29, 0.717) is 12.4 Å². The molecule has 0 atom stereocenters. The van der Waals surface area contributed by atoms with Gasteiger partial charge >= 0.3 is 0 Å². The molecule has 0 radical (unpaired) electrons. The molecule has 0 aromatic heterocycles. The molecule has 0 aliphatic heterocycles. The molecular formula is C11H12ClF2NO. The molecular weight excluding hydrogens is 236 g/mol. The van der Waals surface area contributed by atoms with Gasteiger partial charge in [-0.1, -0.05) is 6.07 Å². The van der Waals surface area contributed by atoms with E-state index >= 15 is 0 Å². The van der Waals surface area contributed by atoms with Crippen LogP contribution in [-0.2, 0) is 11.2 Å². The van der Waals surface area contributed by atoms with Crippen molar-refractivity contribution < 1.29 is 13.6 Å². The largest absolute Gasteiger partial charge is 0.344 e. The molecule has 0 aliphatic carbocycles. The highest BCUT2D eigenvalue weighted by atomic mass is 35.5. The molecule has 0 fully saturated rings. The number of alkyl halides is 1. The maximum atomic E-state index is 13.2. The number of rotatable bonds is 4.